The van der Waals surface area contributed by atoms with E-state index in [1.54, 1.807) is 18.2 Å². The average molecular weight is 328 g/mol. The molecule has 5 N–H and O–H groups in total. The maximum atomic E-state index is 8.81. The van der Waals surface area contributed by atoms with E-state index in [9.17, 15) is 0 Å². The van der Waals surface area contributed by atoms with E-state index in [-0.39, 0.29) is 23.0 Å². The van der Waals surface area contributed by atoms with Gasteiger partial charge in [0.2, 0.25) is 0 Å². The largest absolute Gasteiger partial charge is 0.508 e. The lowest BCUT2D eigenvalue weighted by Crippen LogP contribution is -1.66. The predicted octanol–water partition coefficient (Wildman–Crippen LogP) is 3.90. The number of rotatable bonds is 0. The molecule has 0 fully saturated rings. The zero-order valence-corrected chi connectivity index (χ0v) is 13.2. The third kappa shape index (κ3) is 8.19. The molecule has 0 bridgehead atoms. The molecule has 0 aliphatic carbocycles. The van der Waals surface area contributed by atoms with Crippen LogP contribution in [0.5, 0.6) is 28.7 Å². The first kappa shape index (κ1) is 18.7. The van der Waals surface area contributed by atoms with Crippen LogP contribution in [-0.4, -0.2) is 25.5 Å². The molecule has 0 aliphatic heterocycles. The van der Waals surface area contributed by atoms with Gasteiger partial charge in [-0.3, -0.25) is 0 Å². The highest BCUT2D eigenvalue weighted by Gasteiger charge is 1.86. The van der Waals surface area contributed by atoms with Crippen LogP contribution in [0.4, 0.5) is 0 Å². The van der Waals surface area contributed by atoms with Crippen molar-refractivity contribution in [2.24, 2.45) is 0 Å². The van der Waals surface area contributed by atoms with Gasteiger partial charge in [0.25, 0.3) is 0 Å². The Labute approximate surface area is 140 Å². The van der Waals surface area contributed by atoms with Gasteiger partial charge in [0, 0.05) is 6.07 Å². The van der Waals surface area contributed by atoms with E-state index in [0.29, 0.717) is 5.75 Å². The molecule has 5 heteroatoms. The SMILES string of the molecule is Cc1cccc(O)c1.Oc1ccc(O)cc1.Oc1cccc(O)c1. The average Bonchev–Trinajstić information content (AvgIpc) is 2.51. The van der Waals surface area contributed by atoms with E-state index in [1.807, 2.05) is 19.1 Å². The van der Waals surface area contributed by atoms with E-state index >= 15 is 0 Å². The molecule has 3 rings (SSSR count). The standard InChI is InChI=1S/C7H8O.2C6H6O2/c1-6-3-2-4-7(8)5-6;7-5-1-2-6(8)4-3-5;7-5-2-1-3-6(8)4-5/h2-5,8H,1H3;2*1-4,7-8H. The number of hydrogen-bond acceptors (Lipinski definition) is 5. The van der Waals surface area contributed by atoms with E-state index in [1.165, 1.54) is 42.5 Å². The van der Waals surface area contributed by atoms with Crippen LogP contribution in [0.25, 0.3) is 0 Å². The summed E-state index contributed by atoms with van der Waals surface area (Å²) in [6.07, 6.45) is 0. The minimum atomic E-state index is 0.0880. The van der Waals surface area contributed by atoms with E-state index < -0.39 is 0 Å². The summed E-state index contributed by atoms with van der Waals surface area (Å²) in [5.41, 5.74) is 1.09. The molecule has 3 aromatic carbocycles. The second kappa shape index (κ2) is 9.63. The molecule has 0 spiro atoms. The summed E-state index contributed by atoms with van der Waals surface area (Å²) in [5, 5.41) is 43.4. The Bertz CT molecular complexity index is 640. The second-order valence-corrected chi connectivity index (χ2v) is 4.88. The number of aromatic hydroxyl groups is 5. The van der Waals surface area contributed by atoms with Crippen molar-refractivity contribution in [2.45, 2.75) is 6.92 Å². The lowest BCUT2D eigenvalue weighted by atomic mass is 10.2. The Balaban J connectivity index is 0.000000180. The highest BCUT2D eigenvalue weighted by atomic mass is 16.3. The highest BCUT2D eigenvalue weighted by molar-refractivity contribution is 5.30. The fourth-order valence-electron chi connectivity index (χ4n) is 1.57. The van der Waals surface area contributed by atoms with Crippen molar-refractivity contribution in [3.63, 3.8) is 0 Å². The van der Waals surface area contributed by atoms with Crippen LogP contribution < -0.4 is 0 Å². The van der Waals surface area contributed by atoms with Crippen LogP contribution in [-0.2, 0) is 0 Å². The summed E-state index contributed by atoms with van der Waals surface area (Å²) in [4.78, 5) is 0. The summed E-state index contributed by atoms with van der Waals surface area (Å²) >= 11 is 0. The van der Waals surface area contributed by atoms with Gasteiger partial charge in [0.1, 0.15) is 28.7 Å². The molecule has 0 unspecified atom stereocenters. The fourth-order valence-corrected chi connectivity index (χ4v) is 1.57. The van der Waals surface area contributed by atoms with Crippen molar-refractivity contribution >= 4 is 0 Å². The van der Waals surface area contributed by atoms with Crippen LogP contribution in [0.3, 0.4) is 0 Å². The lowest BCUT2D eigenvalue weighted by molar-refractivity contribution is 0.450. The van der Waals surface area contributed by atoms with Gasteiger partial charge in [-0.2, -0.15) is 0 Å². The summed E-state index contributed by atoms with van der Waals surface area (Å²) in [7, 11) is 0. The number of benzene rings is 3. The van der Waals surface area contributed by atoms with E-state index in [4.69, 9.17) is 25.5 Å². The van der Waals surface area contributed by atoms with Crippen molar-refractivity contribution in [1.29, 1.82) is 0 Å². The molecule has 0 radical (unpaired) electrons. The molecule has 0 amide bonds. The topological polar surface area (TPSA) is 101 Å². The Hall–Kier alpha value is -3.34. The highest BCUT2D eigenvalue weighted by Crippen LogP contribution is 2.15. The monoisotopic (exact) mass is 328 g/mol. The molecule has 0 saturated heterocycles. The minimum absolute atomic E-state index is 0.0880. The molecule has 24 heavy (non-hydrogen) atoms. The van der Waals surface area contributed by atoms with Gasteiger partial charge in [0.15, 0.2) is 0 Å². The Morgan fingerprint density at radius 2 is 0.833 bits per heavy atom. The summed E-state index contributed by atoms with van der Waals surface area (Å²) < 4.78 is 0. The normalized spacial score (nSPS) is 9.04. The van der Waals surface area contributed by atoms with Gasteiger partial charge in [0.05, 0.1) is 0 Å². The van der Waals surface area contributed by atoms with Crippen LogP contribution in [0.15, 0.2) is 72.8 Å². The van der Waals surface area contributed by atoms with E-state index in [0.717, 1.165) is 5.56 Å². The van der Waals surface area contributed by atoms with Crippen molar-refractivity contribution in [2.75, 3.05) is 0 Å². The Morgan fingerprint density at radius 3 is 1.08 bits per heavy atom. The van der Waals surface area contributed by atoms with Gasteiger partial charge >= 0.3 is 0 Å². The van der Waals surface area contributed by atoms with Crippen LogP contribution in [0.2, 0.25) is 0 Å². The van der Waals surface area contributed by atoms with Crippen molar-refractivity contribution in [1.82, 2.24) is 0 Å². The van der Waals surface area contributed by atoms with Gasteiger partial charge in [-0.1, -0.05) is 18.2 Å². The molecule has 5 nitrogen and oxygen atoms in total. The summed E-state index contributed by atoms with van der Waals surface area (Å²) in [5.74, 6) is 0.852. The van der Waals surface area contributed by atoms with Gasteiger partial charge < -0.3 is 25.5 Å². The first-order valence-electron chi connectivity index (χ1n) is 7.08. The summed E-state index contributed by atoms with van der Waals surface area (Å²) in [6, 6.07) is 18.7. The summed E-state index contributed by atoms with van der Waals surface area (Å²) in [6.45, 7) is 1.94. The maximum Gasteiger partial charge on any atom is 0.119 e. The molecular formula is C19H20O5. The molecule has 0 atom stereocenters. The molecular weight excluding hydrogens is 308 g/mol. The van der Waals surface area contributed by atoms with Crippen molar-refractivity contribution < 1.29 is 25.5 Å². The second-order valence-electron chi connectivity index (χ2n) is 4.88. The molecule has 0 saturated carbocycles. The molecule has 0 heterocycles. The van der Waals surface area contributed by atoms with Gasteiger partial charge in [-0.15, -0.1) is 0 Å². The van der Waals surface area contributed by atoms with Crippen LogP contribution in [0, 0.1) is 6.92 Å². The zero-order chi connectivity index (χ0) is 17.9. The van der Waals surface area contributed by atoms with Gasteiger partial charge in [-0.25, -0.2) is 0 Å². The number of phenolic OH excluding ortho intramolecular Hbond substituents is 5. The number of hydrogen-bond donors (Lipinski definition) is 5. The van der Waals surface area contributed by atoms with Crippen molar-refractivity contribution in [3.05, 3.63) is 78.4 Å². The molecule has 0 aliphatic rings. The van der Waals surface area contributed by atoms with Gasteiger partial charge in [-0.05, 0) is 61.0 Å². The van der Waals surface area contributed by atoms with E-state index in [2.05, 4.69) is 0 Å². The molecule has 3 aromatic rings. The minimum Gasteiger partial charge on any atom is -0.508 e. The first-order chi connectivity index (χ1) is 11.4. The van der Waals surface area contributed by atoms with Crippen LogP contribution in [0.1, 0.15) is 5.56 Å². The smallest absolute Gasteiger partial charge is 0.119 e. The van der Waals surface area contributed by atoms with Crippen molar-refractivity contribution in [3.8, 4) is 28.7 Å². The third-order valence-corrected chi connectivity index (χ3v) is 2.68. The zero-order valence-electron chi connectivity index (χ0n) is 13.2. The Morgan fingerprint density at radius 1 is 0.458 bits per heavy atom. The number of phenols is 5. The predicted molar refractivity (Wildman–Crippen MR) is 92.4 cm³/mol. The Kier molecular flexibility index (Phi) is 7.51. The fraction of sp³-hybridized carbons (Fsp3) is 0.0526. The quantitative estimate of drug-likeness (QED) is 0.403. The molecule has 126 valence electrons. The lowest BCUT2D eigenvalue weighted by Gasteiger charge is -1.89. The third-order valence-electron chi connectivity index (χ3n) is 2.68. The number of aryl methyl sites for hydroxylation is 1. The molecule has 0 aromatic heterocycles. The first-order valence-corrected chi connectivity index (χ1v) is 7.08. The van der Waals surface area contributed by atoms with Crippen LogP contribution >= 0.6 is 0 Å². The maximum absolute atomic E-state index is 8.81.